The second-order valence-corrected chi connectivity index (χ2v) is 6.38. The average molecular weight is 393 g/mol. The van der Waals surface area contributed by atoms with Gasteiger partial charge in [-0.15, -0.1) is 0 Å². The van der Waals surface area contributed by atoms with Crippen LogP contribution < -0.4 is 10.4 Å². The largest absolute Gasteiger partial charge is 0.493 e. The Balaban J connectivity index is 2.18. The van der Waals surface area contributed by atoms with E-state index in [0.29, 0.717) is 22.0 Å². The maximum absolute atomic E-state index is 12.6. The second-order valence-electron chi connectivity index (χ2n) is 5.57. The lowest BCUT2D eigenvalue weighted by Crippen LogP contribution is -2.21. The van der Waals surface area contributed by atoms with E-state index in [4.69, 9.17) is 27.9 Å². The van der Waals surface area contributed by atoms with Crippen LogP contribution in [0.2, 0.25) is 10.0 Å². The van der Waals surface area contributed by atoms with Crippen LogP contribution in [0.15, 0.2) is 47.3 Å². The summed E-state index contributed by atoms with van der Waals surface area (Å²) >= 11 is 11.9. The van der Waals surface area contributed by atoms with Crippen LogP contribution >= 0.6 is 23.2 Å². The zero-order valence-electron chi connectivity index (χ0n) is 13.9. The molecule has 3 aromatic rings. The maximum atomic E-state index is 12.6. The van der Waals surface area contributed by atoms with Crippen LogP contribution in [0.25, 0.3) is 16.9 Å². The first-order chi connectivity index (χ1) is 12.3. The highest BCUT2D eigenvalue weighted by molar-refractivity contribution is 6.42. The standard InChI is InChI=1S/C18H14Cl2N2O4/c1-10(23)26-13-5-3-4-11(8-13)16-17(24)22(18(25)21(16)2)12-6-7-14(19)15(20)9-12/h3-9,24H,1-2H3. The zero-order valence-corrected chi connectivity index (χ0v) is 15.4. The Labute approximate surface area is 158 Å². The van der Waals surface area contributed by atoms with Crippen LogP contribution in [0.4, 0.5) is 0 Å². The summed E-state index contributed by atoms with van der Waals surface area (Å²) in [7, 11) is 1.53. The van der Waals surface area contributed by atoms with Gasteiger partial charge in [-0.3, -0.25) is 9.36 Å². The quantitative estimate of drug-likeness (QED) is 0.543. The number of nitrogens with zero attached hydrogens (tertiary/aromatic N) is 2. The van der Waals surface area contributed by atoms with E-state index in [1.165, 1.54) is 24.6 Å². The number of aromatic nitrogens is 2. The molecule has 1 heterocycles. The van der Waals surface area contributed by atoms with Crippen LogP contribution in [-0.4, -0.2) is 20.2 Å². The number of benzene rings is 2. The molecule has 0 saturated carbocycles. The lowest BCUT2D eigenvalue weighted by Gasteiger charge is -2.07. The Morgan fingerprint density at radius 1 is 1.12 bits per heavy atom. The molecule has 26 heavy (non-hydrogen) atoms. The van der Waals surface area contributed by atoms with Gasteiger partial charge in [-0.1, -0.05) is 35.3 Å². The number of halogens is 2. The number of carbonyl (C=O) groups is 1. The molecule has 0 spiro atoms. The number of hydrogen-bond donors (Lipinski definition) is 1. The van der Waals surface area contributed by atoms with Gasteiger partial charge in [0.1, 0.15) is 11.4 Å². The summed E-state index contributed by atoms with van der Waals surface area (Å²) in [5.41, 5.74) is 0.698. The van der Waals surface area contributed by atoms with Gasteiger partial charge in [0.25, 0.3) is 0 Å². The molecule has 134 valence electrons. The minimum absolute atomic E-state index is 0.262. The van der Waals surface area contributed by atoms with Gasteiger partial charge >= 0.3 is 11.7 Å². The molecule has 8 heteroatoms. The molecule has 0 amide bonds. The van der Waals surface area contributed by atoms with Gasteiger partial charge < -0.3 is 9.84 Å². The number of carbonyl (C=O) groups excluding carboxylic acids is 1. The Morgan fingerprint density at radius 3 is 2.50 bits per heavy atom. The first-order valence-corrected chi connectivity index (χ1v) is 8.30. The normalized spacial score (nSPS) is 10.8. The van der Waals surface area contributed by atoms with Crippen molar-refractivity contribution in [3.8, 4) is 28.6 Å². The average Bonchev–Trinajstić information content (AvgIpc) is 2.79. The van der Waals surface area contributed by atoms with Crippen LogP contribution in [0, 0.1) is 0 Å². The van der Waals surface area contributed by atoms with Crippen LogP contribution in [0.5, 0.6) is 11.6 Å². The summed E-state index contributed by atoms with van der Waals surface area (Å²) in [6.45, 7) is 1.29. The molecule has 1 aromatic heterocycles. The summed E-state index contributed by atoms with van der Waals surface area (Å²) in [6.07, 6.45) is 0. The van der Waals surface area contributed by atoms with Gasteiger partial charge in [0.2, 0.25) is 5.88 Å². The third-order valence-corrected chi connectivity index (χ3v) is 4.51. The SMILES string of the molecule is CC(=O)Oc1cccc(-c2c(O)n(-c3ccc(Cl)c(Cl)c3)c(=O)n2C)c1. The first kappa shape index (κ1) is 18.1. The van der Waals surface area contributed by atoms with Crippen molar-refractivity contribution < 1.29 is 14.6 Å². The molecule has 0 unspecified atom stereocenters. The number of hydrogen-bond acceptors (Lipinski definition) is 4. The predicted molar refractivity (Wildman–Crippen MR) is 99.4 cm³/mol. The summed E-state index contributed by atoms with van der Waals surface area (Å²) in [5.74, 6) is -0.423. The minimum atomic E-state index is -0.464. The zero-order chi connectivity index (χ0) is 19.0. The summed E-state index contributed by atoms with van der Waals surface area (Å²) in [6, 6.07) is 11.1. The summed E-state index contributed by atoms with van der Waals surface area (Å²) < 4.78 is 7.48. The fraction of sp³-hybridized carbons (Fsp3) is 0.111. The molecule has 0 aliphatic rings. The van der Waals surface area contributed by atoms with Crippen molar-refractivity contribution >= 4 is 29.2 Å². The first-order valence-electron chi connectivity index (χ1n) is 7.54. The van der Waals surface area contributed by atoms with Crippen molar-refractivity contribution in [2.45, 2.75) is 6.92 Å². The molecule has 0 saturated heterocycles. The van der Waals surface area contributed by atoms with Crippen molar-refractivity contribution in [2.75, 3.05) is 0 Å². The van der Waals surface area contributed by atoms with E-state index in [0.717, 1.165) is 4.57 Å². The Hall–Kier alpha value is -2.70. The maximum Gasteiger partial charge on any atom is 0.335 e. The molecule has 3 rings (SSSR count). The number of esters is 1. The van der Waals surface area contributed by atoms with E-state index in [9.17, 15) is 14.7 Å². The van der Waals surface area contributed by atoms with E-state index in [-0.39, 0.29) is 16.6 Å². The molecule has 1 N–H and O–H groups in total. The number of aromatic hydroxyl groups is 1. The highest BCUT2D eigenvalue weighted by atomic mass is 35.5. The molecule has 0 atom stereocenters. The third-order valence-electron chi connectivity index (χ3n) is 3.77. The predicted octanol–water partition coefficient (Wildman–Crippen LogP) is 3.78. The summed E-state index contributed by atoms with van der Waals surface area (Å²) in [4.78, 5) is 23.8. The van der Waals surface area contributed by atoms with Crippen molar-refractivity contribution in [2.24, 2.45) is 7.05 Å². The Kier molecular flexibility index (Phi) is 4.80. The molecule has 0 radical (unpaired) electrons. The van der Waals surface area contributed by atoms with E-state index in [2.05, 4.69) is 0 Å². The monoisotopic (exact) mass is 392 g/mol. The van der Waals surface area contributed by atoms with Crippen molar-refractivity contribution in [1.29, 1.82) is 0 Å². The lowest BCUT2D eigenvalue weighted by molar-refractivity contribution is -0.131. The molecular weight excluding hydrogens is 379 g/mol. The van der Waals surface area contributed by atoms with Gasteiger partial charge in [0.05, 0.1) is 15.7 Å². The molecule has 2 aromatic carbocycles. The van der Waals surface area contributed by atoms with Crippen LogP contribution in [-0.2, 0) is 11.8 Å². The number of rotatable bonds is 3. The lowest BCUT2D eigenvalue weighted by atomic mass is 10.1. The van der Waals surface area contributed by atoms with E-state index in [1.807, 2.05) is 0 Å². The minimum Gasteiger partial charge on any atom is -0.493 e. The van der Waals surface area contributed by atoms with Crippen molar-refractivity contribution in [3.05, 3.63) is 63.0 Å². The van der Waals surface area contributed by atoms with Crippen LogP contribution in [0.3, 0.4) is 0 Å². The fourth-order valence-electron chi connectivity index (χ4n) is 2.64. The van der Waals surface area contributed by atoms with Gasteiger partial charge in [0.15, 0.2) is 0 Å². The van der Waals surface area contributed by atoms with Gasteiger partial charge in [-0.2, -0.15) is 0 Å². The van der Waals surface area contributed by atoms with Crippen molar-refractivity contribution in [1.82, 2.24) is 9.13 Å². The molecular formula is C18H14Cl2N2O4. The van der Waals surface area contributed by atoms with Gasteiger partial charge in [-0.25, -0.2) is 9.36 Å². The Bertz CT molecular complexity index is 1070. The smallest absolute Gasteiger partial charge is 0.335 e. The fourth-order valence-corrected chi connectivity index (χ4v) is 2.94. The highest BCUT2D eigenvalue weighted by Gasteiger charge is 2.21. The van der Waals surface area contributed by atoms with Gasteiger partial charge in [-0.05, 0) is 30.3 Å². The Morgan fingerprint density at radius 2 is 1.85 bits per heavy atom. The topological polar surface area (TPSA) is 73.5 Å². The summed E-state index contributed by atoms with van der Waals surface area (Å²) in [5, 5.41) is 11.3. The highest BCUT2D eigenvalue weighted by Crippen LogP contribution is 2.33. The second kappa shape index (κ2) is 6.90. The molecule has 0 fully saturated rings. The van der Waals surface area contributed by atoms with E-state index < -0.39 is 11.7 Å². The molecule has 6 nitrogen and oxygen atoms in total. The number of ether oxygens (including phenoxy) is 1. The van der Waals surface area contributed by atoms with Crippen LogP contribution in [0.1, 0.15) is 6.92 Å². The number of imidazole rings is 1. The van der Waals surface area contributed by atoms with E-state index >= 15 is 0 Å². The molecule has 0 bridgehead atoms. The third kappa shape index (κ3) is 3.21. The van der Waals surface area contributed by atoms with Crippen molar-refractivity contribution in [3.63, 3.8) is 0 Å². The van der Waals surface area contributed by atoms with Gasteiger partial charge in [0, 0.05) is 19.5 Å². The molecule has 0 aliphatic carbocycles. The van der Waals surface area contributed by atoms with E-state index in [1.54, 1.807) is 36.4 Å². The molecule has 0 aliphatic heterocycles.